The number of piperidine rings is 1. The Morgan fingerprint density at radius 1 is 1.00 bits per heavy atom. The number of aryl methyl sites for hydroxylation is 2. The first-order valence-corrected chi connectivity index (χ1v) is 9.58. The number of anilines is 1. The Kier molecular flexibility index (Phi) is 5.28. The third kappa shape index (κ3) is 3.86. The molecule has 0 unspecified atom stereocenters. The number of nitrogens with zero attached hydrogens (tertiary/aromatic N) is 1. The molecule has 1 aromatic carbocycles. The van der Waals surface area contributed by atoms with Gasteiger partial charge in [-0.2, -0.15) is 13.2 Å². The number of hydrogen-bond acceptors (Lipinski definition) is 3. The Morgan fingerprint density at radius 2 is 1.58 bits per heavy atom. The summed E-state index contributed by atoms with van der Waals surface area (Å²) in [6.45, 7) is 4.99. The van der Waals surface area contributed by atoms with Crippen LogP contribution >= 0.6 is 0 Å². The van der Waals surface area contributed by atoms with Crippen LogP contribution in [0.25, 0.3) is 0 Å². The molecule has 0 atom stereocenters. The first-order valence-electron chi connectivity index (χ1n) is 9.58. The van der Waals surface area contributed by atoms with Crippen molar-refractivity contribution >= 4 is 5.69 Å². The van der Waals surface area contributed by atoms with Gasteiger partial charge in [-0.1, -0.05) is 6.07 Å². The van der Waals surface area contributed by atoms with E-state index < -0.39 is 12.1 Å². The van der Waals surface area contributed by atoms with Gasteiger partial charge in [0.1, 0.15) is 0 Å². The molecular formula is C20H30F3N3. The molecule has 1 heterocycles. The fourth-order valence-corrected chi connectivity index (χ4v) is 4.55. The predicted octanol–water partition coefficient (Wildman–Crippen LogP) is 4.14. The molecule has 0 aromatic heterocycles. The summed E-state index contributed by atoms with van der Waals surface area (Å²) < 4.78 is 38.7. The number of halogens is 3. The summed E-state index contributed by atoms with van der Waals surface area (Å²) >= 11 is 0. The molecule has 3 nitrogen and oxygen atoms in total. The highest BCUT2D eigenvalue weighted by Crippen LogP contribution is 2.40. The zero-order valence-corrected chi connectivity index (χ0v) is 15.7. The fraction of sp³-hybridized carbons (Fsp3) is 0.700. The zero-order valence-electron chi connectivity index (χ0n) is 15.7. The van der Waals surface area contributed by atoms with Crippen LogP contribution in [-0.2, 0) is 5.54 Å². The van der Waals surface area contributed by atoms with E-state index in [4.69, 9.17) is 11.5 Å². The van der Waals surface area contributed by atoms with E-state index in [-0.39, 0.29) is 24.4 Å². The van der Waals surface area contributed by atoms with E-state index in [9.17, 15) is 13.2 Å². The van der Waals surface area contributed by atoms with E-state index in [1.54, 1.807) is 0 Å². The van der Waals surface area contributed by atoms with Crippen LogP contribution in [0.5, 0.6) is 0 Å². The monoisotopic (exact) mass is 369 g/mol. The molecule has 0 spiro atoms. The van der Waals surface area contributed by atoms with E-state index in [1.165, 1.54) is 0 Å². The van der Waals surface area contributed by atoms with E-state index in [2.05, 4.69) is 24.0 Å². The van der Waals surface area contributed by atoms with Gasteiger partial charge in [-0.3, -0.25) is 0 Å². The van der Waals surface area contributed by atoms with E-state index in [0.29, 0.717) is 13.1 Å². The van der Waals surface area contributed by atoms with Crippen LogP contribution in [0.3, 0.4) is 0 Å². The Balaban J connectivity index is 1.78. The van der Waals surface area contributed by atoms with Crippen molar-refractivity contribution in [1.82, 2.24) is 0 Å². The lowest BCUT2D eigenvalue weighted by molar-refractivity contribution is -0.179. The lowest BCUT2D eigenvalue weighted by Crippen LogP contribution is -2.44. The van der Waals surface area contributed by atoms with E-state index in [0.717, 1.165) is 48.1 Å². The summed E-state index contributed by atoms with van der Waals surface area (Å²) in [5.41, 5.74) is 16.8. The van der Waals surface area contributed by atoms with Gasteiger partial charge in [-0.05, 0) is 75.1 Å². The highest BCUT2D eigenvalue weighted by atomic mass is 19.4. The molecular weight excluding hydrogens is 339 g/mol. The quantitative estimate of drug-likeness (QED) is 0.824. The van der Waals surface area contributed by atoms with Crippen molar-refractivity contribution in [3.05, 3.63) is 28.8 Å². The number of benzene rings is 1. The molecule has 1 aromatic rings. The summed E-state index contributed by atoms with van der Waals surface area (Å²) in [5.74, 6) is -1.17. The molecule has 26 heavy (non-hydrogen) atoms. The third-order valence-corrected chi connectivity index (χ3v) is 6.30. The van der Waals surface area contributed by atoms with Gasteiger partial charge in [-0.25, -0.2) is 0 Å². The third-order valence-electron chi connectivity index (χ3n) is 6.30. The molecule has 3 rings (SSSR count). The minimum atomic E-state index is -4.07. The highest BCUT2D eigenvalue weighted by Gasteiger charge is 2.41. The number of rotatable bonds is 2. The van der Waals surface area contributed by atoms with Crippen molar-refractivity contribution in [2.24, 2.45) is 17.4 Å². The van der Waals surface area contributed by atoms with Gasteiger partial charge in [0.25, 0.3) is 0 Å². The summed E-state index contributed by atoms with van der Waals surface area (Å²) in [7, 11) is 0. The van der Waals surface area contributed by atoms with E-state index in [1.807, 2.05) is 6.92 Å². The van der Waals surface area contributed by atoms with Gasteiger partial charge >= 0.3 is 6.18 Å². The van der Waals surface area contributed by atoms with Gasteiger partial charge in [-0.15, -0.1) is 0 Å². The number of hydrogen-bond donors (Lipinski definition) is 2. The normalized spacial score (nSPS) is 28.4. The number of nitrogens with two attached hydrogens (primary N) is 2. The molecule has 1 aliphatic heterocycles. The smallest absolute Gasteiger partial charge is 0.371 e. The lowest BCUT2D eigenvalue weighted by atomic mass is 9.74. The molecule has 0 bridgehead atoms. The first kappa shape index (κ1) is 19.5. The van der Waals surface area contributed by atoms with Gasteiger partial charge < -0.3 is 16.4 Å². The van der Waals surface area contributed by atoms with Crippen LogP contribution in [0, 0.1) is 19.8 Å². The minimum absolute atomic E-state index is 0.169. The van der Waals surface area contributed by atoms with Crippen molar-refractivity contribution in [3.8, 4) is 0 Å². The predicted molar refractivity (Wildman–Crippen MR) is 99.2 cm³/mol. The van der Waals surface area contributed by atoms with Crippen LogP contribution in [-0.4, -0.2) is 25.3 Å². The molecule has 6 heteroatoms. The Morgan fingerprint density at radius 3 is 2.12 bits per heavy atom. The zero-order chi connectivity index (χ0) is 19.1. The maximum absolute atomic E-state index is 12.9. The summed E-state index contributed by atoms with van der Waals surface area (Å²) in [6, 6.07) is 4.50. The van der Waals surface area contributed by atoms with Gasteiger partial charge in [0.05, 0.1) is 5.92 Å². The Bertz CT molecular complexity index is 640. The molecule has 2 aliphatic rings. The first-order chi connectivity index (χ1) is 12.1. The van der Waals surface area contributed by atoms with Gasteiger partial charge in [0, 0.05) is 30.4 Å². The summed E-state index contributed by atoms with van der Waals surface area (Å²) in [6.07, 6.45) is -0.113. The maximum atomic E-state index is 12.9. The van der Waals surface area contributed by atoms with E-state index >= 15 is 0 Å². The van der Waals surface area contributed by atoms with Crippen molar-refractivity contribution in [2.45, 2.75) is 70.1 Å². The van der Waals surface area contributed by atoms with Crippen molar-refractivity contribution in [1.29, 1.82) is 0 Å². The standard InChI is InChI=1S/C20H30F3N3/c1-13-12-18(26-9-5-15(6-10-26)20(21,22)23)14(2)11-17(13)19(25)7-3-16(24)4-8-19/h11-12,15-16H,3-10,24-25H2,1-2H3. The second kappa shape index (κ2) is 7.04. The maximum Gasteiger partial charge on any atom is 0.391 e. The Labute approximate surface area is 153 Å². The van der Waals surface area contributed by atoms with Crippen LogP contribution in [0.15, 0.2) is 12.1 Å². The summed E-state index contributed by atoms with van der Waals surface area (Å²) in [4.78, 5) is 2.09. The average molecular weight is 369 g/mol. The molecule has 4 N–H and O–H groups in total. The van der Waals surface area contributed by atoms with Gasteiger partial charge in [0.15, 0.2) is 0 Å². The van der Waals surface area contributed by atoms with Crippen LogP contribution < -0.4 is 16.4 Å². The summed E-state index contributed by atoms with van der Waals surface area (Å²) in [5, 5.41) is 0. The SMILES string of the molecule is Cc1cc(C2(N)CCC(N)CC2)c(C)cc1N1CCC(C(F)(F)F)CC1. The van der Waals surface area contributed by atoms with Crippen molar-refractivity contribution in [3.63, 3.8) is 0 Å². The molecule has 2 fully saturated rings. The minimum Gasteiger partial charge on any atom is -0.371 e. The second-order valence-electron chi connectivity index (χ2n) is 8.25. The van der Waals surface area contributed by atoms with Crippen LogP contribution in [0.1, 0.15) is 55.2 Å². The molecule has 0 radical (unpaired) electrons. The van der Waals surface area contributed by atoms with Gasteiger partial charge in [0.2, 0.25) is 0 Å². The topological polar surface area (TPSA) is 55.3 Å². The van der Waals surface area contributed by atoms with Crippen LogP contribution in [0.4, 0.5) is 18.9 Å². The van der Waals surface area contributed by atoms with Crippen molar-refractivity contribution < 1.29 is 13.2 Å². The highest BCUT2D eigenvalue weighted by molar-refractivity contribution is 5.58. The molecule has 1 saturated heterocycles. The average Bonchev–Trinajstić information content (AvgIpc) is 2.59. The molecule has 1 aliphatic carbocycles. The lowest BCUT2D eigenvalue weighted by Gasteiger charge is -2.39. The second-order valence-corrected chi connectivity index (χ2v) is 8.25. The fourth-order valence-electron chi connectivity index (χ4n) is 4.55. The molecule has 146 valence electrons. The number of alkyl halides is 3. The Hall–Kier alpha value is -1.27. The van der Waals surface area contributed by atoms with Crippen LogP contribution in [0.2, 0.25) is 0 Å². The largest absolute Gasteiger partial charge is 0.391 e. The molecule has 0 amide bonds. The molecule has 1 saturated carbocycles. The van der Waals surface area contributed by atoms with Crippen molar-refractivity contribution in [2.75, 3.05) is 18.0 Å².